The summed E-state index contributed by atoms with van der Waals surface area (Å²) in [6.07, 6.45) is 1.22. The third-order valence-electron chi connectivity index (χ3n) is 3.24. The molecule has 94 valence electrons. The number of hydrogen-bond acceptors (Lipinski definition) is 2. The molecule has 0 saturated carbocycles. The Morgan fingerprint density at radius 3 is 3.00 bits per heavy atom. The van der Waals surface area contributed by atoms with Crippen molar-refractivity contribution in [2.45, 2.75) is 13.3 Å². The van der Waals surface area contributed by atoms with E-state index in [1.165, 1.54) is 6.42 Å². The summed E-state index contributed by atoms with van der Waals surface area (Å²) in [5, 5.41) is 4.72. The molecule has 1 N–H and O–H groups in total. The van der Waals surface area contributed by atoms with Crippen LogP contribution in [-0.2, 0) is 0 Å². The molecule has 17 heavy (non-hydrogen) atoms. The number of benzene rings is 1. The zero-order valence-electron chi connectivity index (χ0n) is 10.0. The van der Waals surface area contributed by atoms with Gasteiger partial charge in [0.2, 0.25) is 0 Å². The second kappa shape index (κ2) is 5.94. The van der Waals surface area contributed by atoms with Crippen LogP contribution in [0.2, 0.25) is 10.0 Å². The molecule has 1 aliphatic rings. The average Bonchev–Trinajstić information content (AvgIpc) is 2.78. The van der Waals surface area contributed by atoms with Crippen LogP contribution in [0.1, 0.15) is 13.3 Å². The summed E-state index contributed by atoms with van der Waals surface area (Å²) in [6, 6.07) is 5.84. The van der Waals surface area contributed by atoms with E-state index in [0.29, 0.717) is 16.0 Å². The van der Waals surface area contributed by atoms with E-state index in [1.54, 1.807) is 0 Å². The molecule has 0 radical (unpaired) electrons. The Balaban J connectivity index is 2.02. The van der Waals surface area contributed by atoms with Gasteiger partial charge in [0.1, 0.15) is 0 Å². The molecule has 0 aliphatic carbocycles. The van der Waals surface area contributed by atoms with Crippen LogP contribution in [-0.4, -0.2) is 26.2 Å². The van der Waals surface area contributed by atoms with Crippen LogP contribution in [0.25, 0.3) is 0 Å². The number of nitrogens with one attached hydrogen (secondary N) is 1. The second-order valence-corrected chi connectivity index (χ2v) is 5.27. The number of nitrogens with zero attached hydrogens (tertiary/aromatic N) is 1. The van der Waals surface area contributed by atoms with E-state index in [-0.39, 0.29) is 0 Å². The molecular weight excluding hydrogens is 255 g/mol. The molecule has 1 heterocycles. The van der Waals surface area contributed by atoms with E-state index in [4.69, 9.17) is 23.2 Å². The molecule has 1 aromatic carbocycles. The Labute approximate surface area is 113 Å². The lowest BCUT2D eigenvalue weighted by atomic mass is 10.1. The van der Waals surface area contributed by atoms with Crippen molar-refractivity contribution in [3.63, 3.8) is 0 Å². The molecule has 1 aromatic rings. The van der Waals surface area contributed by atoms with E-state index in [0.717, 1.165) is 31.9 Å². The SMILES string of the molecule is CCNCC1CCN(c2cccc(Cl)c2Cl)C1. The molecule has 0 bridgehead atoms. The van der Waals surface area contributed by atoms with Crippen molar-refractivity contribution in [3.05, 3.63) is 28.2 Å². The smallest absolute Gasteiger partial charge is 0.0825 e. The van der Waals surface area contributed by atoms with E-state index in [9.17, 15) is 0 Å². The standard InChI is InChI=1S/C13H18Cl2N2/c1-2-16-8-10-6-7-17(9-10)12-5-3-4-11(14)13(12)15/h3-5,10,16H,2,6-9H2,1H3. The summed E-state index contributed by atoms with van der Waals surface area (Å²) in [5.41, 5.74) is 1.07. The van der Waals surface area contributed by atoms with Crippen LogP contribution in [0.5, 0.6) is 0 Å². The average molecular weight is 273 g/mol. The molecule has 1 aliphatic heterocycles. The van der Waals surface area contributed by atoms with Crippen molar-refractivity contribution in [1.82, 2.24) is 5.32 Å². The Kier molecular flexibility index (Phi) is 4.55. The fourth-order valence-corrected chi connectivity index (χ4v) is 2.72. The maximum absolute atomic E-state index is 6.24. The van der Waals surface area contributed by atoms with E-state index in [1.807, 2.05) is 18.2 Å². The third-order valence-corrected chi connectivity index (χ3v) is 4.05. The van der Waals surface area contributed by atoms with Crippen LogP contribution < -0.4 is 10.2 Å². The summed E-state index contributed by atoms with van der Waals surface area (Å²) < 4.78 is 0. The van der Waals surface area contributed by atoms with Gasteiger partial charge in [-0.05, 0) is 37.6 Å². The van der Waals surface area contributed by atoms with Crippen molar-refractivity contribution < 1.29 is 0 Å². The minimum absolute atomic E-state index is 0.638. The van der Waals surface area contributed by atoms with Gasteiger partial charge in [-0.25, -0.2) is 0 Å². The Bertz CT molecular complexity index is 382. The van der Waals surface area contributed by atoms with E-state index in [2.05, 4.69) is 17.1 Å². The number of rotatable bonds is 4. The van der Waals surface area contributed by atoms with Gasteiger partial charge < -0.3 is 10.2 Å². The van der Waals surface area contributed by atoms with Crippen molar-refractivity contribution >= 4 is 28.9 Å². The van der Waals surface area contributed by atoms with Crippen molar-refractivity contribution in [1.29, 1.82) is 0 Å². The van der Waals surface area contributed by atoms with Gasteiger partial charge in [0.15, 0.2) is 0 Å². The largest absolute Gasteiger partial charge is 0.370 e. The minimum atomic E-state index is 0.638. The maximum atomic E-state index is 6.24. The number of anilines is 1. The fraction of sp³-hybridized carbons (Fsp3) is 0.538. The Morgan fingerprint density at radius 2 is 2.24 bits per heavy atom. The zero-order valence-corrected chi connectivity index (χ0v) is 11.6. The van der Waals surface area contributed by atoms with Gasteiger partial charge in [-0.3, -0.25) is 0 Å². The first-order valence-electron chi connectivity index (χ1n) is 6.12. The molecule has 1 saturated heterocycles. The first kappa shape index (κ1) is 13.0. The van der Waals surface area contributed by atoms with Crippen LogP contribution in [0.4, 0.5) is 5.69 Å². The van der Waals surface area contributed by atoms with Crippen molar-refractivity contribution in [2.75, 3.05) is 31.1 Å². The summed E-state index contributed by atoms with van der Waals surface area (Å²) in [6.45, 7) is 6.39. The van der Waals surface area contributed by atoms with E-state index >= 15 is 0 Å². The molecule has 1 unspecified atom stereocenters. The molecule has 1 fully saturated rings. The highest BCUT2D eigenvalue weighted by Crippen LogP contribution is 2.34. The normalized spacial score (nSPS) is 19.9. The Morgan fingerprint density at radius 1 is 1.41 bits per heavy atom. The molecule has 0 amide bonds. The molecule has 0 aromatic heterocycles. The van der Waals surface area contributed by atoms with Crippen LogP contribution in [0.15, 0.2) is 18.2 Å². The highest BCUT2D eigenvalue weighted by molar-refractivity contribution is 6.43. The molecular formula is C13H18Cl2N2. The molecule has 1 atom stereocenters. The predicted molar refractivity (Wildman–Crippen MR) is 75.3 cm³/mol. The van der Waals surface area contributed by atoms with Gasteiger partial charge in [0.05, 0.1) is 15.7 Å². The lowest BCUT2D eigenvalue weighted by molar-refractivity contribution is 0.528. The van der Waals surface area contributed by atoms with Crippen LogP contribution in [0.3, 0.4) is 0 Å². The van der Waals surface area contributed by atoms with Gasteiger partial charge in [-0.15, -0.1) is 0 Å². The van der Waals surface area contributed by atoms with Gasteiger partial charge in [0.25, 0.3) is 0 Å². The molecule has 4 heteroatoms. The lowest BCUT2D eigenvalue weighted by Gasteiger charge is -2.20. The first-order chi connectivity index (χ1) is 8.22. The van der Waals surface area contributed by atoms with Gasteiger partial charge in [-0.2, -0.15) is 0 Å². The molecule has 2 rings (SSSR count). The molecule has 0 spiro atoms. The number of hydrogen-bond donors (Lipinski definition) is 1. The van der Waals surface area contributed by atoms with Crippen molar-refractivity contribution in [3.8, 4) is 0 Å². The van der Waals surface area contributed by atoms with Gasteiger partial charge >= 0.3 is 0 Å². The summed E-state index contributed by atoms with van der Waals surface area (Å²) >= 11 is 12.3. The summed E-state index contributed by atoms with van der Waals surface area (Å²) in [7, 11) is 0. The fourth-order valence-electron chi connectivity index (χ4n) is 2.30. The highest BCUT2D eigenvalue weighted by atomic mass is 35.5. The van der Waals surface area contributed by atoms with Crippen molar-refractivity contribution in [2.24, 2.45) is 5.92 Å². The second-order valence-electron chi connectivity index (χ2n) is 4.48. The molecule has 2 nitrogen and oxygen atoms in total. The first-order valence-corrected chi connectivity index (χ1v) is 6.87. The predicted octanol–water partition coefficient (Wildman–Crippen LogP) is 3.43. The van der Waals surface area contributed by atoms with Crippen LogP contribution >= 0.6 is 23.2 Å². The highest BCUT2D eigenvalue weighted by Gasteiger charge is 2.23. The van der Waals surface area contributed by atoms with Gasteiger partial charge in [-0.1, -0.05) is 36.2 Å². The summed E-state index contributed by atoms with van der Waals surface area (Å²) in [4.78, 5) is 2.33. The Hall–Kier alpha value is -0.440. The topological polar surface area (TPSA) is 15.3 Å². The third kappa shape index (κ3) is 3.06. The van der Waals surface area contributed by atoms with Gasteiger partial charge in [0, 0.05) is 13.1 Å². The van der Waals surface area contributed by atoms with Crippen LogP contribution in [0, 0.1) is 5.92 Å². The summed E-state index contributed by atoms with van der Waals surface area (Å²) in [5.74, 6) is 0.713. The monoisotopic (exact) mass is 272 g/mol. The lowest BCUT2D eigenvalue weighted by Crippen LogP contribution is -2.26. The quantitative estimate of drug-likeness (QED) is 0.904. The zero-order chi connectivity index (χ0) is 12.3. The number of halogens is 2. The van der Waals surface area contributed by atoms with E-state index < -0.39 is 0 Å². The maximum Gasteiger partial charge on any atom is 0.0825 e. The minimum Gasteiger partial charge on any atom is -0.370 e.